The molecule has 0 aromatic heterocycles. The average Bonchev–Trinajstić information content (AvgIpc) is 2.15. The summed E-state index contributed by atoms with van der Waals surface area (Å²) in [6, 6.07) is 7.74. The maximum absolute atomic E-state index is 13.1. The molecule has 1 heteroatoms. The summed E-state index contributed by atoms with van der Waals surface area (Å²) in [7, 11) is 0. The molecular weight excluding hydrogens is 163 g/mol. The molecule has 1 radical (unpaired) electrons. The van der Waals surface area contributed by atoms with Crippen molar-refractivity contribution in [1.29, 1.82) is 0 Å². The van der Waals surface area contributed by atoms with Crippen molar-refractivity contribution in [3.63, 3.8) is 0 Å². The lowest BCUT2D eigenvalue weighted by Gasteiger charge is -2.01. The summed E-state index contributed by atoms with van der Waals surface area (Å²) < 4.78 is 13.1. The van der Waals surface area contributed by atoms with Crippen molar-refractivity contribution in [2.24, 2.45) is 0 Å². The molecule has 0 heterocycles. The third-order valence-corrected chi connectivity index (χ3v) is 2.20. The fourth-order valence-corrected chi connectivity index (χ4v) is 1.39. The monoisotopic (exact) mass is 179 g/mol. The Hall–Kier alpha value is -0.850. The molecule has 1 aromatic rings. The molecular formula is C12H16F. The van der Waals surface area contributed by atoms with Crippen molar-refractivity contribution < 1.29 is 4.39 Å². The Labute approximate surface area is 79.8 Å². The Morgan fingerprint density at radius 1 is 1.31 bits per heavy atom. The topological polar surface area (TPSA) is 0 Å². The summed E-state index contributed by atoms with van der Waals surface area (Å²) in [5.41, 5.74) is 0.829. The minimum Gasteiger partial charge on any atom is -0.207 e. The Morgan fingerprint density at radius 2 is 2.15 bits per heavy atom. The Kier molecular flexibility index (Phi) is 4.52. The molecule has 0 saturated carbocycles. The zero-order chi connectivity index (χ0) is 9.52. The van der Waals surface area contributed by atoms with Gasteiger partial charge in [0.2, 0.25) is 0 Å². The fourth-order valence-electron chi connectivity index (χ4n) is 1.39. The summed E-state index contributed by atoms with van der Waals surface area (Å²) in [4.78, 5) is 0. The van der Waals surface area contributed by atoms with Crippen LogP contribution in [0.1, 0.15) is 38.2 Å². The quantitative estimate of drug-likeness (QED) is 0.604. The van der Waals surface area contributed by atoms with Crippen molar-refractivity contribution in [3.05, 3.63) is 35.6 Å². The van der Waals surface area contributed by atoms with Crippen LogP contribution >= 0.6 is 0 Å². The number of hydrogen-bond acceptors (Lipinski definition) is 0. The van der Waals surface area contributed by atoms with Crippen molar-refractivity contribution in [2.45, 2.75) is 39.0 Å². The molecule has 0 saturated heterocycles. The first kappa shape index (κ1) is 10.2. The van der Waals surface area contributed by atoms with Gasteiger partial charge in [-0.3, -0.25) is 0 Å². The largest absolute Gasteiger partial charge is 0.207 e. The normalized spacial score (nSPS) is 10.3. The van der Waals surface area contributed by atoms with E-state index < -0.39 is 0 Å². The molecule has 0 spiro atoms. The van der Waals surface area contributed by atoms with E-state index in [4.69, 9.17) is 0 Å². The van der Waals surface area contributed by atoms with E-state index in [9.17, 15) is 4.39 Å². The van der Waals surface area contributed by atoms with Crippen LogP contribution in [0, 0.1) is 11.9 Å². The van der Waals surface area contributed by atoms with Crippen LogP contribution in [0.25, 0.3) is 0 Å². The molecule has 0 N–H and O–H groups in total. The zero-order valence-electron chi connectivity index (χ0n) is 8.15. The van der Waals surface area contributed by atoms with Crippen LogP contribution in [0.15, 0.2) is 18.2 Å². The van der Waals surface area contributed by atoms with Gasteiger partial charge in [0.15, 0.2) is 0 Å². The van der Waals surface area contributed by atoms with Crippen molar-refractivity contribution in [3.8, 4) is 0 Å². The predicted octanol–water partition coefficient (Wildman–Crippen LogP) is 3.75. The molecule has 1 aromatic carbocycles. The first-order valence-corrected chi connectivity index (χ1v) is 4.99. The first-order chi connectivity index (χ1) is 6.34. The number of hydrogen-bond donors (Lipinski definition) is 0. The highest BCUT2D eigenvalue weighted by Gasteiger charge is 1.99. The van der Waals surface area contributed by atoms with Crippen molar-refractivity contribution in [2.75, 3.05) is 0 Å². The Morgan fingerprint density at radius 3 is 2.85 bits per heavy atom. The molecule has 0 aliphatic heterocycles. The van der Waals surface area contributed by atoms with E-state index >= 15 is 0 Å². The third-order valence-electron chi connectivity index (χ3n) is 2.20. The summed E-state index contributed by atoms with van der Waals surface area (Å²) in [6.45, 7) is 2.18. The maximum Gasteiger partial charge on any atom is 0.127 e. The van der Waals surface area contributed by atoms with Crippen LogP contribution < -0.4 is 0 Å². The molecule has 13 heavy (non-hydrogen) atoms. The second-order valence-electron chi connectivity index (χ2n) is 3.33. The van der Waals surface area contributed by atoms with Crippen LogP contribution in [-0.4, -0.2) is 0 Å². The van der Waals surface area contributed by atoms with Gasteiger partial charge in [-0.2, -0.15) is 0 Å². The highest BCUT2D eigenvalue weighted by molar-refractivity contribution is 5.16. The SMILES string of the molecule is CCCCCCc1cc[c]cc1F. The standard InChI is InChI=1S/C12H16F/c1-2-3-4-5-8-11-9-6-7-10-12(11)13/h6,9-10H,2-5,8H2,1H3. The van der Waals surface area contributed by atoms with Crippen LogP contribution in [0.5, 0.6) is 0 Å². The molecule has 0 aliphatic carbocycles. The smallest absolute Gasteiger partial charge is 0.127 e. The summed E-state index contributed by atoms with van der Waals surface area (Å²) in [5.74, 6) is -0.112. The minimum atomic E-state index is -0.112. The molecule has 0 nitrogen and oxygen atoms in total. The van der Waals surface area contributed by atoms with Gasteiger partial charge in [0, 0.05) is 0 Å². The van der Waals surface area contributed by atoms with Crippen LogP contribution in [0.2, 0.25) is 0 Å². The van der Waals surface area contributed by atoms with Gasteiger partial charge in [-0.1, -0.05) is 38.3 Å². The maximum atomic E-state index is 13.1. The molecule has 0 bridgehead atoms. The van der Waals surface area contributed by atoms with Crippen molar-refractivity contribution in [1.82, 2.24) is 0 Å². The number of aryl methyl sites for hydroxylation is 1. The summed E-state index contributed by atoms with van der Waals surface area (Å²) in [5, 5.41) is 0. The first-order valence-electron chi connectivity index (χ1n) is 4.99. The van der Waals surface area contributed by atoms with E-state index in [-0.39, 0.29) is 5.82 Å². The third kappa shape index (κ3) is 3.58. The van der Waals surface area contributed by atoms with Crippen molar-refractivity contribution >= 4 is 0 Å². The number of rotatable bonds is 5. The van der Waals surface area contributed by atoms with Gasteiger partial charge in [0.05, 0.1) is 0 Å². The fraction of sp³-hybridized carbons (Fsp3) is 0.500. The summed E-state index contributed by atoms with van der Waals surface area (Å²) >= 11 is 0. The van der Waals surface area contributed by atoms with E-state index in [1.807, 2.05) is 6.07 Å². The Bertz CT molecular complexity index is 243. The number of unbranched alkanes of at least 4 members (excludes halogenated alkanes) is 3. The van der Waals surface area contributed by atoms with Gasteiger partial charge >= 0.3 is 0 Å². The van der Waals surface area contributed by atoms with Gasteiger partial charge in [-0.05, 0) is 30.5 Å². The lowest BCUT2D eigenvalue weighted by atomic mass is 10.1. The van der Waals surface area contributed by atoms with Crippen LogP contribution in [-0.2, 0) is 6.42 Å². The second kappa shape index (κ2) is 5.74. The van der Waals surface area contributed by atoms with Gasteiger partial charge < -0.3 is 0 Å². The minimum absolute atomic E-state index is 0.112. The van der Waals surface area contributed by atoms with E-state index in [0.717, 1.165) is 18.4 Å². The van der Waals surface area contributed by atoms with Crippen LogP contribution in [0.3, 0.4) is 0 Å². The zero-order valence-corrected chi connectivity index (χ0v) is 8.15. The molecule has 1 rings (SSSR count). The number of halogens is 1. The molecule has 0 aliphatic rings. The molecule has 0 amide bonds. The lowest BCUT2D eigenvalue weighted by Crippen LogP contribution is -1.90. The average molecular weight is 179 g/mol. The van der Waals surface area contributed by atoms with E-state index in [1.54, 1.807) is 6.07 Å². The van der Waals surface area contributed by atoms with Gasteiger partial charge in [-0.15, -0.1) is 0 Å². The predicted molar refractivity (Wildman–Crippen MR) is 53.1 cm³/mol. The van der Waals surface area contributed by atoms with E-state index in [1.165, 1.54) is 25.3 Å². The molecule has 0 atom stereocenters. The van der Waals surface area contributed by atoms with E-state index in [2.05, 4.69) is 13.0 Å². The molecule has 0 fully saturated rings. The Balaban J connectivity index is 2.32. The lowest BCUT2D eigenvalue weighted by molar-refractivity contribution is 0.593. The second-order valence-corrected chi connectivity index (χ2v) is 3.33. The van der Waals surface area contributed by atoms with Crippen LogP contribution in [0.4, 0.5) is 4.39 Å². The van der Waals surface area contributed by atoms with Gasteiger partial charge in [0.1, 0.15) is 5.82 Å². The summed E-state index contributed by atoms with van der Waals surface area (Å²) in [6.07, 6.45) is 5.63. The van der Waals surface area contributed by atoms with Gasteiger partial charge in [0.25, 0.3) is 0 Å². The van der Waals surface area contributed by atoms with E-state index in [0.29, 0.717) is 0 Å². The van der Waals surface area contributed by atoms with Gasteiger partial charge in [-0.25, -0.2) is 4.39 Å². The molecule has 71 valence electrons. The highest BCUT2D eigenvalue weighted by Crippen LogP contribution is 2.10. The highest BCUT2D eigenvalue weighted by atomic mass is 19.1. The molecule has 0 unspecified atom stereocenters. The number of benzene rings is 1.